The highest BCUT2D eigenvalue weighted by atomic mass is 35.5. The Labute approximate surface area is 245 Å². The number of halogens is 5. The van der Waals surface area contributed by atoms with Crippen molar-refractivity contribution in [1.29, 1.82) is 0 Å². The number of aromatic nitrogens is 1. The lowest BCUT2D eigenvalue weighted by molar-refractivity contribution is -0.151. The Balaban J connectivity index is 1.72. The topological polar surface area (TPSA) is 155 Å². The van der Waals surface area contributed by atoms with Gasteiger partial charge in [0.25, 0.3) is 5.91 Å². The van der Waals surface area contributed by atoms with Crippen LogP contribution in [0.2, 0.25) is 10.0 Å². The molecule has 4 rings (SSSR count). The van der Waals surface area contributed by atoms with E-state index in [1.54, 1.807) is 20.8 Å². The Morgan fingerprint density at radius 1 is 1.20 bits per heavy atom. The van der Waals surface area contributed by atoms with Gasteiger partial charge in [-0.1, -0.05) is 37.0 Å². The summed E-state index contributed by atoms with van der Waals surface area (Å²) >= 11 is 12.3. The number of ketones is 1. The van der Waals surface area contributed by atoms with Gasteiger partial charge in [0, 0.05) is 31.4 Å². The standard InChI is InChI=1S/C26H33Cl2F3N6O4/c1-13(2)24(32)12-25(24,33)36(11-18(38)19-16(27)9-34-10-17(19)28)21(39)15-8-35-37(20(15)26(29,30)31)14-4-6-23(3,7-5-14)22(40)41/h9-10,13-14,35H,4-8,11-12,32-33H2,1-3H3,(H,40,41)/t14?,23?,24-,25+/m1/s1. The van der Waals surface area contributed by atoms with E-state index in [0.717, 1.165) is 9.91 Å². The molecule has 2 heterocycles. The first kappa shape index (κ1) is 31.5. The maximum atomic E-state index is 14.6. The molecule has 226 valence electrons. The summed E-state index contributed by atoms with van der Waals surface area (Å²) in [7, 11) is 0. The van der Waals surface area contributed by atoms with E-state index in [2.05, 4.69) is 10.4 Å². The Kier molecular flexibility index (Phi) is 8.20. The van der Waals surface area contributed by atoms with Crippen molar-refractivity contribution in [3.63, 3.8) is 0 Å². The van der Waals surface area contributed by atoms with E-state index in [1.807, 2.05) is 0 Å². The number of carbonyl (C=O) groups is 3. The van der Waals surface area contributed by atoms with Crippen molar-refractivity contribution >= 4 is 40.9 Å². The molecule has 0 bridgehead atoms. The van der Waals surface area contributed by atoms with Gasteiger partial charge in [-0.2, -0.15) is 13.2 Å². The van der Waals surface area contributed by atoms with Crippen LogP contribution in [0.15, 0.2) is 23.7 Å². The highest BCUT2D eigenvalue weighted by Crippen LogP contribution is 2.52. The number of hydrazine groups is 1. The number of pyridine rings is 1. The minimum atomic E-state index is -4.95. The maximum Gasteiger partial charge on any atom is 0.432 e. The van der Waals surface area contributed by atoms with E-state index in [0.29, 0.717) is 0 Å². The van der Waals surface area contributed by atoms with Crippen molar-refractivity contribution in [1.82, 2.24) is 20.3 Å². The number of carbonyl (C=O) groups excluding carboxylic acids is 2. The van der Waals surface area contributed by atoms with Gasteiger partial charge < -0.3 is 26.5 Å². The van der Waals surface area contributed by atoms with Gasteiger partial charge in [0.05, 0.1) is 38.7 Å². The maximum absolute atomic E-state index is 14.6. The minimum absolute atomic E-state index is 0.0522. The fourth-order valence-corrected chi connectivity index (χ4v) is 6.47. The molecule has 0 radical (unpaired) electrons. The van der Waals surface area contributed by atoms with Crippen LogP contribution in [0.25, 0.3) is 0 Å². The van der Waals surface area contributed by atoms with E-state index < -0.39 is 70.9 Å². The number of carboxylic acids is 1. The zero-order chi connectivity index (χ0) is 30.7. The smallest absolute Gasteiger partial charge is 0.432 e. The molecule has 2 aliphatic carbocycles. The molecule has 1 amide bonds. The highest BCUT2D eigenvalue weighted by Gasteiger charge is 2.69. The molecule has 10 nitrogen and oxygen atoms in total. The molecule has 2 saturated carbocycles. The minimum Gasteiger partial charge on any atom is -0.481 e. The Bertz CT molecular complexity index is 1280. The second-order valence-electron chi connectivity index (χ2n) is 11.7. The van der Waals surface area contributed by atoms with Crippen LogP contribution in [0, 0.1) is 11.3 Å². The highest BCUT2D eigenvalue weighted by molar-refractivity contribution is 6.39. The van der Waals surface area contributed by atoms with Crippen LogP contribution in [0.5, 0.6) is 0 Å². The zero-order valence-corrected chi connectivity index (χ0v) is 24.3. The number of carboxylic acid groups (broad SMARTS) is 1. The summed E-state index contributed by atoms with van der Waals surface area (Å²) in [5.41, 5.74) is 9.98. The first-order valence-electron chi connectivity index (χ1n) is 13.2. The molecular weight excluding hydrogens is 588 g/mol. The molecule has 0 saturated heterocycles. The van der Waals surface area contributed by atoms with Gasteiger partial charge in [-0.15, -0.1) is 0 Å². The van der Waals surface area contributed by atoms with Crippen LogP contribution < -0.4 is 16.9 Å². The number of Topliss-reactive ketones (excluding diaryl/α,β-unsaturated/α-hetero) is 1. The number of alkyl halides is 3. The molecule has 0 unspecified atom stereocenters. The third-order valence-corrected chi connectivity index (χ3v) is 9.43. The third-order valence-electron chi connectivity index (χ3n) is 8.85. The molecule has 1 aromatic heterocycles. The van der Waals surface area contributed by atoms with Gasteiger partial charge in [0.1, 0.15) is 11.4 Å². The van der Waals surface area contributed by atoms with E-state index in [4.69, 9.17) is 34.7 Å². The number of nitrogens with one attached hydrogen (secondary N) is 1. The number of hydrogen-bond acceptors (Lipinski definition) is 8. The summed E-state index contributed by atoms with van der Waals surface area (Å²) in [6.45, 7) is 3.90. The third kappa shape index (κ3) is 5.42. The number of aliphatic carboxylic acids is 1. The van der Waals surface area contributed by atoms with Crippen LogP contribution >= 0.6 is 23.2 Å². The molecule has 1 aliphatic heterocycles. The average Bonchev–Trinajstić information content (AvgIpc) is 3.21. The van der Waals surface area contributed by atoms with Gasteiger partial charge in [-0.25, -0.2) is 5.43 Å². The van der Waals surface area contributed by atoms with Crippen LogP contribution in [-0.2, 0) is 9.59 Å². The average molecular weight is 621 g/mol. The Morgan fingerprint density at radius 2 is 1.76 bits per heavy atom. The number of rotatable bonds is 8. The summed E-state index contributed by atoms with van der Waals surface area (Å²) in [6, 6.07) is -0.703. The lowest BCUT2D eigenvalue weighted by atomic mass is 9.74. The van der Waals surface area contributed by atoms with Gasteiger partial charge in [0.15, 0.2) is 5.78 Å². The van der Waals surface area contributed by atoms with Crippen molar-refractivity contribution in [2.45, 2.75) is 76.3 Å². The van der Waals surface area contributed by atoms with Crippen molar-refractivity contribution in [3.8, 4) is 0 Å². The van der Waals surface area contributed by atoms with Crippen molar-refractivity contribution < 1.29 is 32.7 Å². The van der Waals surface area contributed by atoms with E-state index in [-0.39, 0.29) is 53.6 Å². The van der Waals surface area contributed by atoms with E-state index in [1.165, 1.54) is 12.4 Å². The largest absolute Gasteiger partial charge is 0.481 e. The molecule has 0 spiro atoms. The van der Waals surface area contributed by atoms with Gasteiger partial charge in [0.2, 0.25) is 0 Å². The SMILES string of the molecule is CC(C)[C@]1(N)C[C@]1(N)N(CC(=O)c1c(Cl)cncc1Cl)C(=O)C1=C(C(F)(F)F)N(C2CCC(C)(C(=O)O)CC2)NC1. The predicted molar refractivity (Wildman–Crippen MR) is 145 cm³/mol. The fourth-order valence-electron chi connectivity index (χ4n) is 5.89. The molecule has 15 heteroatoms. The molecule has 41 heavy (non-hydrogen) atoms. The second kappa shape index (κ2) is 10.7. The zero-order valence-electron chi connectivity index (χ0n) is 22.8. The van der Waals surface area contributed by atoms with Gasteiger partial charge in [-0.3, -0.25) is 19.4 Å². The van der Waals surface area contributed by atoms with E-state index in [9.17, 15) is 32.7 Å². The molecule has 1 aromatic rings. The van der Waals surface area contributed by atoms with Crippen molar-refractivity contribution in [2.75, 3.05) is 13.1 Å². The van der Waals surface area contributed by atoms with Crippen LogP contribution in [0.4, 0.5) is 13.2 Å². The lowest BCUT2D eigenvalue weighted by Crippen LogP contribution is -2.59. The number of allylic oxidation sites excluding steroid dienone is 1. The normalized spacial score (nSPS) is 30.1. The lowest BCUT2D eigenvalue weighted by Gasteiger charge is -2.40. The number of amides is 1. The number of nitrogens with zero attached hydrogens (tertiary/aromatic N) is 3. The quantitative estimate of drug-likeness (QED) is 0.252. The van der Waals surface area contributed by atoms with Gasteiger partial charge >= 0.3 is 12.1 Å². The van der Waals surface area contributed by atoms with Crippen molar-refractivity contribution in [2.24, 2.45) is 22.8 Å². The monoisotopic (exact) mass is 620 g/mol. The Hall–Kier alpha value is -2.45. The molecule has 2 fully saturated rings. The van der Waals surface area contributed by atoms with Crippen LogP contribution in [0.3, 0.4) is 0 Å². The van der Waals surface area contributed by atoms with Gasteiger partial charge in [-0.05, 0) is 38.5 Å². The molecule has 2 atom stereocenters. The molecule has 3 aliphatic rings. The summed E-state index contributed by atoms with van der Waals surface area (Å²) in [6.07, 6.45) is -1.85. The summed E-state index contributed by atoms with van der Waals surface area (Å²) in [5.74, 6) is -3.11. The first-order valence-corrected chi connectivity index (χ1v) is 13.9. The number of nitrogens with two attached hydrogens (primary N) is 2. The van der Waals surface area contributed by atoms with Crippen molar-refractivity contribution in [3.05, 3.63) is 39.3 Å². The summed E-state index contributed by atoms with van der Waals surface area (Å²) in [5, 5.41) is 10.3. The summed E-state index contributed by atoms with van der Waals surface area (Å²) in [4.78, 5) is 43.7. The van der Waals surface area contributed by atoms with Crippen LogP contribution in [-0.4, -0.2) is 74.2 Å². The predicted octanol–water partition coefficient (Wildman–Crippen LogP) is 3.48. The van der Waals surface area contributed by atoms with E-state index >= 15 is 0 Å². The number of hydrogen-bond donors (Lipinski definition) is 4. The Morgan fingerprint density at radius 3 is 2.22 bits per heavy atom. The molecule has 6 N–H and O–H groups in total. The fraction of sp³-hybridized carbons (Fsp3) is 0.615. The molecular formula is C26H33Cl2F3N6O4. The molecule has 0 aromatic carbocycles. The summed E-state index contributed by atoms with van der Waals surface area (Å²) < 4.78 is 43.7. The first-order chi connectivity index (χ1) is 18.9. The van der Waals surface area contributed by atoms with Crippen LogP contribution in [0.1, 0.15) is 63.2 Å². The second-order valence-corrected chi connectivity index (χ2v) is 12.5.